The van der Waals surface area contributed by atoms with Crippen LogP contribution in [0.25, 0.3) is 0 Å². The van der Waals surface area contributed by atoms with Crippen LogP contribution < -0.4 is 0 Å². The fourth-order valence-corrected chi connectivity index (χ4v) is 5.29. The number of thioether (sulfide) groups is 1. The summed E-state index contributed by atoms with van der Waals surface area (Å²) in [5, 5.41) is 0. The molecular weight excluding hydrogens is 456 g/mol. The lowest BCUT2D eigenvalue weighted by molar-refractivity contribution is -0.238. The Morgan fingerprint density at radius 1 is 0.771 bits per heavy atom. The summed E-state index contributed by atoms with van der Waals surface area (Å²) < 4.78 is 25.8. The van der Waals surface area contributed by atoms with E-state index in [4.69, 9.17) is 18.9 Å². The van der Waals surface area contributed by atoms with Gasteiger partial charge in [0, 0.05) is 4.90 Å². The quantitative estimate of drug-likeness (QED) is 0.284. The highest BCUT2D eigenvalue weighted by Crippen LogP contribution is 2.37. The summed E-state index contributed by atoms with van der Waals surface area (Å²) >= 11 is 1.66. The monoisotopic (exact) mass is 490 g/mol. The van der Waals surface area contributed by atoms with Crippen molar-refractivity contribution in [2.45, 2.75) is 61.8 Å². The van der Waals surface area contributed by atoms with E-state index in [2.05, 4.69) is 69.0 Å². The van der Waals surface area contributed by atoms with Crippen LogP contribution in [-0.2, 0) is 32.2 Å². The number of hydrogen-bond acceptors (Lipinski definition) is 5. The second kappa shape index (κ2) is 13.1. The smallest absolute Gasteiger partial charge is 0.136 e. The number of hydrogen-bond donors (Lipinski definition) is 0. The molecule has 4 rings (SSSR count). The molecule has 0 spiro atoms. The molecule has 0 N–H and O–H groups in total. The average Bonchev–Trinajstić information content (AvgIpc) is 2.89. The maximum Gasteiger partial charge on any atom is 0.136 e. The van der Waals surface area contributed by atoms with Gasteiger partial charge in [-0.25, -0.2) is 0 Å². The summed E-state index contributed by atoms with van der Waals surface area (Å²) in [5.74, 6) is 0. The zero-order valence-electron chi connectivity index (χ0n) is 20.4. The molecule has 4 nitrogen and oxygen atoms in total. The summed E-state index contributed by atoms with van der Waals surface area (Å²) in [7, 11) is 0. The number of benzene rings is 3. The third kappa shape index (κ3) is 7.29. The summed E-state index contributed by atoms with van der Waals surface area (Å²) in [4.78, 5) is 1.13. The molecule has 0 amide bonds. The van der Waals surface area contributed by atoms with E-state index < -0.39 is 0 Å². The molecule has 3 aromatic carbocycles. The van der Waals surface area contributed by atoms with Crippen LogP contribution in [0.4, 0.5) is 0 Å². The van der Waals surface area contributed by atoms with Gasteiger partial charge in [-0.2, -0.15) is 0 Å². The van der Waals surface area contributed by atoms with Crippen LogP contribution in [-0.4, -0.2) is 36.5 Å². The van der Waals surface area contributed by atoms with Crippen molar-refractivity contribution in [1.29, 1.82) is 0 Å². The standard InChI is InChI=1S/C30H34O4S/c1-4-19-31-29-28(33-21-25-13-9-6-10-14-25)27(32-20-24-11-7-5-8-12-24)23(3)34-30(29)35-26-17-15-22(2)16-18-26/h4-18,23,27-30H,1,19-21H2,2-3H3/t23-,27-,28+,29+,30-/m0/s1. The van der Waals surface area contributed by atoms with Gasteiger partial charge in [0.05, 0.1) is 25.9 Å². The Morgan fingerprint density at radius 2 is 1.34 bits per heavy atom. The van der Waals surface area contributed by atoms with E-state index in [0.29, 0.717) is 19.8 Å². The molecule has 3 aromatic rings. The molecule has 35 heavy (non-hydrogen) atoms. The molecule has 0 bridgehead atoms. The van der Waals surface area contributed by atoms with Crippen molar-refractivity contribution >= 4 is 11.8 Å². The van der Waals surface area contributed by atoms with E-state index >= 15 is 0 Å². The normalized spacial score (nSPS) is 24.2. The fraction of sp³-hybridized carbons (Fsp3) is 0.333. The van der Waals surface area contributed by atoms with Crippen molar-refractivity contribution in [2.75, 3.05) is 6.61 Å². The SMILES string of the molecule is C=CCO[C@@H]1[C@H](OCc2ccccc2)[C@@H](OCc2ccccc2)[C@H](C)O[C@H]1Sc1ccc(C)cc1. The van der Waals surface area contributed by atoms with Crippen molar-refractivity contribution in [3.8, 4) is 0 Å². The topological polar surface area (TPSA) is 36.9 Å². The first kappa shape index (κ1) is 25.7. The van der Waals surface area contributed by atoms with Crippen molar-refractivity contribution in [3.05, 3.63) is 114 Å². The molecule has 5 heteroatoms. The zero-order chi connectivity index (χ0) is 24.5. The minimum absolute atomic E-state index is 0.175. The molecule has 1 fully saturated rings. The maximum atomic E-state index is 6.56. The first-order valence-corrected chi connectivity index (χ1v) is 12.9. The molecule has 0 aliphatic carbocycles. The minimum atomic E-state index is -0.333. The van der Waals surface area contributed by atoms with Crippen molar-refractivity contribution in [1.82, 2.24) is 0 Å². The van der Waals surface area contributed by atoms with Crippen molar-refractivity contribution in [2.24, 2.45) is 0 Å². The fourth-order valence-electron chi connectivity index (χ4n) is 4.13. The van der Waals surface area contributed by atoms with Gasteiger partial charge in [0.1, 0.15) is 23.7 Å². The lowest BCUT2D eigenvalue weighted by atomic mass is 9.99. The van der Waals surface area contributed by atoms with Crippen molar-refractivity contribution in [3.63, 3.8) is 0 Å². The van der Waals surface area contributed by atoms with E-state index in [0.717, 1.165) is 16.0 Å². The lowest BCUT2D eigenvalue weighted by Gasteiger charge is -2.45. The predicted molar refractivity (Wildman–Crippen MR) is 141 cm³/mol. The van der Waals surface area contributed by atoms with Gasteiger partial charge < -0.3 is 18.9 Å². The van der Waals surface area contributed by atoms with Crippen LogP contribution in [0.15, 0.2) is 102 Å². The third-order valence-electron chi connectivity index (χ3n) is 5.98. The summed E-state index contributed by atoms with van der Waals surface area (Å²) in [5.41, 5.74) is 3.20. The lowest BCUT2D eigenvalue weighted by Crippen LogP contribution is -2.58. The molecule has 0 radical (unpaired) electrons. The Bertz CT molecular complexity index is 1030. The van der Waals surface area contributed by atoms with E-state index in [1.54, 1.807) is 17.8 Å². The highest BCUT2D eigenvalue weighted by atomic mass is 32.2. The van der Waals surface area contributed by atoms with Crippen LogP contribution in [0, 0.1) is 6.92 Å². The second-order valence-electron chi connectivity index (χ2n) is 8.75. The number of rotatable bonds is 11. The van der Waals surface area contributed by atoms with Crippen LogP contribution in [0.2, 0.25) is 0 Å². The van der Waals surface area contributed by atoms with E-state index in [1.807, 2.05) is 36.4 Å². The largest absolute Gasteiger partial charge is 0.368 e. The molecule has 0 saturated carbocycles. The molecule has 1 heterocycles. The molecular formula is C30H34O4S. The molecule has 0 unspecified atom stereocenters. The summed E-state index contributed by atoms with van der Waals surface area (Å²) in [6.07, 6.45) is 0.653. The van der Waals surface area contributed by atoms with Gasteiger partial charge in [-0.1, -0.05) is 96.2 Å². The number of ether oxygens (including phenoxy) is 4. The first-order chi connectivity index (χ1) is 17.1. The van der Waals surface area contributed by atoms with E-state index in [9.17, 15) is 0 Å². The Balaban J connectivity index is 1.57. The van der Waals surface area contributed by atoms with Crippen LogP contribution >= 0.6 is 11.8 Å². The molecule has 184 valence electrons. The van der Waals surface area contributed by atoms with E-state index in [-0.39, 0.29) is 29.9 Å². The molecule has 1 aliphatic rings. The van der Waals surface area contributed by atoms with Gasteiger partial charge >= 0.3 is 0 Å². The van der Waals surface area contributed by atoms with Gasteiger partial charge in [0.25, 0.3) is 0 Å². The predicted octanol–water partition coefficient (Wildman–Crippen LogP) is 6.57. The molecule has 1 aliphatic heterocycles. The minimum Gasteiger partial charge on any atom is -0.368 e. The Labute approximate surface area is 213 Å². The third-order valence-corrected chi connectivity index (χ3v) is 7.13. The van der Waals surface area contributed by atoms with Crippen LogP contribution in [0.5, 0.6) is 0 Å². The van der Waals surface area contributed by atoms with Gasteiger partial charge in [0.2, 0.25) is 0 Å². The van der Waals surface area contributed by atoms with Gasteiger partial charge in [0.15, 0.2) is 0 Å². The highest BCUT2D eigenvalue weighted by Gasteiger charge is 2.47. The Hall–Kier alpha value is -2.41. The molecule has 1 saturated heterocycles. The van der Waals surface area contributed by atoms with Gasteiger partial charge in [-0.15, -0.1) is 6.58 Å². The van der Waals surface area contributed by atoms with E-state index in [1.165, 1.54) is 5.56 Å². The second-order valence-corrected chi connectivity index (χ2v) is 9.92. The van der Waals surface area contributed by atoms with Crippen LogP contribution in [0.1, 0.15) is 23.6 Å². The summed E-state index contributed by atoms with van der Waals surface area (Å²) in [6, 6.07) is 28.9. The Morgan fingerprint density at radius 3 is 1.91 bits per heavy atom. The van der Waals surface area contributed by atoms with Crippen molar-refractivity contribution < 1.29 is 18.9 Å². The van der Waals surface area contributed by atoms with Crippen LogP contribution in [0.3, 0.4) is 0 Å². The van der Waals surface area contributed by atoms with Gasteiger partial charge in [-0.05, 0) is 37.1 Å². The summed E-state index contributed by atoms with van der Waals surface area (Å²) in [6.45, 7) is 9.35. The first-order valence-electron chi connectivity index (χ1n) is 12.1. The zero-order valence-corrected chi connectivity index (χ0v) is 21.2. The molecule has 5 atom stereocenters. The number of aryl methyl sites for hydroxylation is 1. The average molecular weight is 491 g/mol. The highest BCUT2D eigenvalue weighted by molar-refractivity contribution is 7.99. The molecule has 0 aromatic heterocycles. The Kier molecular flexibility index (Phi) is 9.57. The maximum absolute atomic E-state index is 6.56. The van der Waals surface area contributed by atoms with Gasteiger partial charge in [-0.3, -0.25) is 0 Å².